The van der Waals surface area contributed by atoms with Crippen molar-refractivity contribution in [1.82, 2.24) is 14.3 Å². The van der Waals surface area contributed by atoms with Crippen LogP contribution in [0.1, 0.15) is 12.5 Å². The first kappa shape index (κ1) is 16.6. The summed E-state index contributed by atoms with van der Waals surface area (Å²) in [4.78, 5) is 4.03. The minimum absolute atomic E-state index is 0.189. The molecule has 0 atom stereocenters. The van der Waals surface area contributed by atoms with Crippen LogP contribution in [0, 0.1) is 5.82 Å². The van der Waals surface area contributed by atoms with Crippen LogP contribution in [0.15, 0.2) is 53.7 Å². The third-order valence-electron chi connectivity index (χ3n) is 3.87. The number of halogens is 1. The summed E-state index contributed by atoms with van der Waals surface area (Å²) < 4.78 is 42.5. The minimum Gasteiger partial charge on any atom is -0.333 e. The van der Waals surface area contributed by atoms with Crippen LogP contribution < -0.4 is 4.72 Å². The number of aryl methyl sites for hydroxylation is 1. The van der Waals surface area contributed by atoms with Crippen LogP contribution in [0.3, 0.4) is 0 Å². The highest BCUT2D eigenvalue weighted by atomic mass is 32.2. The lowest BCUT2D eigenvalue weighted by Gasteiger charge is -2.07. The lowest BCUT2D eigenvalue weighted by molar-refractivity contribution is 0.557. The molecule has 0 amide bonds. The number of sulfonamides is 1. The molecule has 24 heavy (non-hydrogen) atoms. The second kappa shape index (κ2) is 6.70. The van der Waals surface area contributed by atoms with E-state index in [1.807, 2.05) is 29.8 Å². The molecule has 0 aliphatic carbocycles. The van der Waals surface area contributed by atoms with E-state index in [1.54, 1.807) is 6.20 Å². The molecule has 3 rings (SSSR count). The average Bonchev–Trinajstić information content (AvgIpc) is 2.93. The molecule has 1 aromatic carbocycles. The van der Waals surface area contributed by atoms with Crippen LogP contribution >= 0.6 is 0 Å². The van der Waals surface area contributed by atoms with Gasteiger partial charge in [0.05, 0.1) is 0 Å². The molecule has 0 fully saturated rings. The van der Waals surface area contributed by atoms with E-state index in [0.29, 0.717) is 6.42 Å². The first-order valence-corrected chi connectivity index (χ1v) is 9.18. The van der Waals surface area contributed by atoms with Crippen LogP contribution in [-0.2, 0) is 23.0 Å². The largest absolute Gasteiger partial charge is 0.333 e. The fourth-order valence-electron chi connectivity index (χ4n) is 2.70. The van der Waals surface area contributed by atoms with E-state index >= 15 is 0 Å². The molecule has 3 aromatic rings. The summed E-state index contributed by atoms with van der Waals surface area (Å²) in [6.07, 6.45) is 4.22. The highest BCUT2D eigenvalue weighted by Crippen LogP contribution is 2.20. The van der Waals surface area contributed by atoms with Crippen LogP contribution in [0.2, 0.25) is 0 Å². The van der Waals surface area contributed by atoms with Gasteiger partial charge in [-0.1, -0.05) is 12.1 Å². The molecular formula is C17H18FN3O2S. The maximum Gasteiger partial charge on any atom is 0.243 e. The van der Waals surface area contributed by atoms with Gasteiger partial charge in [-0.25, -0.2) is 22.5 Å². The van der Waals surface area contributed by atoms with E-state index in [2.05, 4.69) is 9.71 Å². The maximum absolute atomic E-state index is 13.7. The fourth-order valence-corrected chi connectivity index (χ4v) is 3.80. The molecule has 0 unspecified atom stereocenters. The van der Waals surface area contributed by atoms with Gasteiger partial charge >= 0.3 is 0 Å². The molecular weight excluding hydrogens is 329 g/mol. The Morgan fingerprint density at radius 2 is 2.00 bits per heavy atom. The van der Waals surface area contributed by atoms with E-state index in [1.165, 1.54) is 18.2 Å². The number of hydrogen-bond donors (Lipinski definition) is 1. The lowest BCUT2D eigenvalue weighted by atomic mass is 10.2. The Morgan fingerprint density at radius 3 is 2.75 bits per heavy atom. The highest BCUT2D eigenvalue weighted by molar-refractivity contribution is 7.89. The quantitative estimate of drug-likeness (QED) is 0.746. The van der Waals surface area contributed by atoms with Crippen molar-refractivity contribution in [3.63, 3.8) is 0 Å². The Labute approximate surface area is 140 Å². The van der Waals surface area contributed by atoms with Gasteiger partial charge in [-0.3, -0.25) is 0 Å². The van der Waals surface area contributed by atoms with Crippen molar-refractivity contribution in [2.45, 2.75) is 24.8 Å². The molecule has 7 heteroatoms. The van der Waals surface area contributed by atoms with Crippen molar-refractivity contribution in [3.8, 4) is 0 Å². The number of pyridine rings is 1. The molecule has 5 nitrogen and oxygen atoms in total. The minimum atomic E-state index is -3.86. The Kier molecular flexibility index (Phi) is 4.64. The molecule has 126 valence electrons. The topological polar surface area (TPSA) is 64.0 Å². The van der Waals surface area contributed by atoms with Crippen molar-refractivity contribution in [2.24, 2.45) is 0 Å². The summed E-state index contributed by atoms with van der Waals surface area (Å²) in [6.45, 7) is 3.00. The molecule has 2 heterocycles. The number of nitrogens with one attached hydrogen (secondary N) is 1. The number of aromatic nitrogens is 2. The van der Waals surface area contributed by atoms with Gasteiger partial charge in [-0.15, -0.1) is 0 Å². The maximum atomic E-state index is 13.7. The molecule has 0 aliphatic heterocycles. The van der Waals surface area contributed by atoms with E-state index in [4.69, 9.17) is 0 Å². The predicted molar refractivity (Wildman–Crippen MR) is 90.7 cm³/mol. The Bertz CT molecular complexity index is 967. The van der Waals surface area contributed by atoms with E-state index in [9.17, 15) is 12.8 Å². The van der Waals surface area contributed by atoms with Gasteiger partial charge in [0.1, 0.15) is 16.4 Å². The molecule has 0 aliphatic rings. The van der Waals surface area contributed by atoms with Crippen molar-refractivity contribution in [2.75, 3.05) is 6.54 Å². The highest BCUT2D eigenvalue weighted by Gasteiger charge is 2.18. The van der Waals surface area contributed by atoms with Crippen molar-refractivity contribution in [1.29, 1.82) is 0 Å². The number of fused-ring (bicyclic) bond motifs is 1. The zero-order chi connectivity index (χ0) is 17.2. The summed E-state index contributed by atoms with van der Waals surface area (Å²) in [5.74, 6) is -0.753. The lowest BCUT2D eigenvalue weighted by Crippen LogP contribution is -2.26. The molecule has 0 radical (unpaired) electrons. The Hall–Kier alpha value is -2.25. The zero-order valence-corrected chi connectivity index (χ0v) is 14.1. The van der Waals surface area contributed by atoms with E-state index < -0.39 is 15.8 Å². The SMILES string of the molecule is CCn1cc(CCNS(=O)(=O)c2ccccc2F)c2cccnc21. The smallest absolute Gasteiger partial charge is 0.243 e. The van der Waals surface area contributed by atoms with Crippen molar-refractivity contribution in [3.05, 3.63) is 60.2 Å². The normalized spacial score (nSPS) is 11.9. The number of nitrogens with zero attached hydrogens (tertiary/aromatic N) is 2. The van der Waals surface area contributed by atoms with Gasteiger partial charge in [0.2, 0.25) is 10.0 Å². The van der Waals surface area contributed by atoms with Gasteiger partial charge < -0.3 is 4.57 Å². The molecule has 1 N–H and O–H groups in total. The number of rotatable bonds is 6. The standard InChI is InChI=1S/C17H18FN3O2S/c1-2-21-12-13(14-6-5-10-19-17(14)21)9-11-20-24(22,23)16-8-4-3-7-15(16)18/h3-8,10,12,20H,2,9,11H2,1H3. The number of hydrogen-bond acceptors (Lipinski definition) is 3. The molecule has 0 bridgehead atoms. The van der Waals surface area contributed by atoms with Crippen LogP contribution in [0.25, 0.3) is 11.0 Å². The van der Waals surface area contributed by atoms with Crippen LogP contribution in [-0.4, -0.2) is 24.5 Å². The zero-order valence-electron chi connectivity index (χ0n) is 13.2. The van der Waals surface area contributed by atoms with Crippen LogP contribution in [0.4, 0.5) is 4.39 Å². The molecule has 0 spiro atoms. The van der Waals surface area contributed by atoms with E-state index in [-0.39, 0.29) is 11.4 Å². The summed E-state index contributed by atoms with van der Waals surface area (Å²) in [7, 11) is -3.86. The Morgan fingerprint density at radius 1 is 1.21 bits per heavy atom. The third-order valence-corrected chi connectivity index (χ3v) is 5.36. The fraction of sp³-hybridized carbons (Fsp3) is 0.235. The van der Waals surface area contributed by atoms with Gasteiger partial charge in [0, 0.05) is 30.9 Å². The van der Waals surface area contributed by atoms with Gasteiger partial charge in [0.25, 0.3) is 0 Å². The molecule has 0 saturated heterocycles. The molecule has 2 aromatic heterocycles. The Balaban J connectivity index is 1.77. The van der Waals surface area contributed by atoms with Gasteiger partial charge in [0.15, 0.2) is 0 Å². The van der Waals surface area contributed by atoms with Gasteiger partial charge in [-0.2, -0.15) is 0 Å². The first-order valence-electron chi connectivity index (χ1n) is 7.70. The number of benzene rings is 1. The van der Waals surface area contributed by atoms with Crippen molar-refractivity contribution < 1.29 is 12.8 Å². The third kappa shape index (κ3) is 3.18. The summed E-state index contributed by atoms with van der Waals surface area (Å²) >= 11 is 0. The van der Waals surface area contributed by atoms with Gasteiger partial charge in [-0.05, 0) is 43.2 Å². The van der Waals surface area contributed by atoms with Crippen LogP contribution in [0.5, 0.6) is 0 Å². The summed E-state index contributed by atoms with van der Waals surface area (Å²) in [5, 5.41) is 1.00. The van der Waals surface area contributed by atoms with E-state index in [0.717, 1.165) is 29.2 Å². The second-order valence-corrected chi connectivity index (χ2v) is 7.13. The molecule has 0 saturated carbocycles. The monoisotopic (exact) mass is 347 g/mol. The predicted octanol–water partition coefficient (Wildman–Crippen LogP) is 2.72. The summed E-state index contributed by atoms with van der Waals surface area (Å²) in [5.41, 5.74) is 1.89. The van der Waals surface area contributed by atoms with Crippen molar-refractivity contribution >= 4 is 21.1 Å². The average molecular weight is 347 g/mol. The first-order chi connectivity index (χ1) is 11.5. The second-order valence-electron chi connectivity index (χ2n) is 5.39. The summed E-state index contributed by atoms with van der Waals surface area (Å²) in [6, 6.07) is 9.17.